The lowest BCUT2D eigenvalue weighted by Crippen LogP contribution is -2.12. The fraction of sp³-hybridized carbons (Fsp3) is 0.143. The minimum Gasteiger partial charge on any atom is -0.469 e. The number of anilines is 1. The molecular formula is C14H12N2O2. The Kier molecular flexibility index (Phi) is 3.16. The molecule has 4 heteroatoms. The maximum absolute atomic E-state index is 11.9. The number of amides is 1. The molecule has 0 bridgehead atoms. The summed E-state index contributed by atoms with van der Waals surface area (Å²) in [5, 5.41) is 11.6. The maximum Gasteiger partial charge on any atom is 0.258 e. The first kappa shape index (κ1) is 11.9. The molecule has 0 saturated heterocycles. The van der Waals surface area contributed by atoms with E-state index in [-0.39, 0.29) is 5.91 Å². The molecule has 0 radical (unpaired) electrons. The van der Waals surface area contributed by atoms with Crippen molar-refractivity contribution in [1.82, 2.24) is 0 Å². The van der Waals surface area contributed by atoms with E-state index in [0.717, 1.165) is 5.56 Å². The zero-order valence-corrected chi connectivity index (χ0v) is 10.2. The van der Waals surface area contributed by atoms with Gasteiger partial charge in [-0.15, -0.1) is 0 Å². The highest BCUT2D eigenvalue weighted by Gasteiger charge is 2.10. The molecule has 1 amide bonds. The monoisotopic (exact) mass is 240 g/mol. The van der Waals surface area contributed by atoms with E-state index in [9.17, 15) is 4.79 Å². The number of nitrogens with zero attached hydrogens (tertiary/aromatic N) is 1. The van der Waals surface area contributed by atoms with Crippen molar-refractivity contribution in [2.45, 2.75) is 13.8 Å². The third-order valence-corrected chi connectivity index (χ3v) is 2.61. The van der Waals surface area contributed by atoms with Crippen LogP contribution in [0.15, 0.2) is 34.9 Å². The van der Waals surface area contributed by atoms with Gasteiger partial charge in [0.2, 0.25) is 0 Å². The highest BCUT2D eigenvalue weighted by atomic mass is 16.3. The first-order valence-corrected chi connectivity index (χ1v) is 5.47. The van der Waals surface area contributed by atoms with Gasteiger partial charge in [-0.3, -0.25) is 4.79 Å². The van der Waals surface area contributed by atoms with E-state index in [1.807, 2.05) is 13.0 Å². The minimum absolute atomic E-state index is 0.245. The Balaban J connectivity index is 2.24. The van der Waals surface area contributed by atoms with Crippen LogP contribution in [0.4, 0.5) is 5.69 Å². The molecule has 2 aromatic rings. The third-order valence-electron chi connectivity index (χ3n) is 2.61. The van der Waals surface area contributed by atoms with Crippen LogP contribution in [0, 0.1) is 25.2 Å². The molecule has 1 aromatic heterocycles. The molecule has 0 spiro atoms. The highest BCUT2D eigenvalue weighted by Crippen LogP contribution is 2.18. The van der Waals surface area contributed by atoms with E-state index in [0.29, 0.717) is 22.6 Å². The molecule has 0 saturated carbocycles. The van der Waals surface area contributed by atoms with Crippen molar-refractivity contribution < 1.29 is 9.21 Å². The largest absolute Gasteiger partial charge is 0.469 e. The lowest BCUT2D eigenvalue weighted by molar-refractivity contribution is 0.102. The standard InChI is InChI=1S/C14H12N2O2/c1-9-3-4-11(7-15)6-13(9)16-14(17)12-5-10(2)18-8-12/h3-6,8H,1-2H3,(H,16,17). The summed E-state index contributed by atoms with van der Waals surface area (Å²) >= 11 is 0. The van der Waals surface area contributed by atoms with Gasteiger partial charge in [0.05, 0.1) is 17.2 Å². The van der Waals surface area contributed by atoms with Crippen LogP contribution in [0.25, 0.3) is 0 Å². The summed E-state index contributed by atoms with van der Waals surface area (Å²) < 4.78 is 5.09. The summed E-state index contributed by atoms with van der Waals surface area (Å²) in [6.45, 7) is 3.65. The molecule has 0 fully saturated rings. The maximum atomic E-state index is 11.9. The third kappa shape index (κ3) is 2.41. The second-order valence-corrected chi connectivity index (χ2v) is 4.04. The Morgan fingerprint density at radius 3 is 2.72 bits per heavy atom. The van der Waals surface area contributed by atoms with Crippen LogP contribution in [0.5, 0.6) is 0 Å². The SMILES string of the molecule is Cc1cc(C(=O)Nc2cc(C#N)ccc2C)co1. The number of hydrogen-bond acceptors (Lipinski definition) is 3. The summed E-state index contributed by atoms with van der Waals surface area (Å²) in [5.74, 6) is 0.438. The van der Waals surface area contributed by atoms with Gasteiger partial charge in [-0.25, -0.2) is 0 Å². The number of rotatable bonds is 2. The zero-order chi connectivity index (χ0) is 13.1. The Bertz CT molecular complexity index is 635. The number of benzene rings is 1. The lowest BCUT2D eigenvalue weighted by Gasteiger charge is -2.07. The van der Waals surface area contributed by atoms with Crippen molar-refractivity contribution in [2.75, 3.05) is 5.32 Å². The van der Waals surface area contributed by atoms with Gasteiger partial charge in [-0.05, 0) is 37.6 Å². The van der Waals surface area contributed by atoms with Gasteiger partial charge in [0.1, 0.15) is 12.0 Å². The van der Waals surface area contributed by atoms with Gasteiger partial charge in [0, 0.05) is 5.69 Å². The van der Waals surface area contributed by atoms with Crippen LogP contribution in [0.3, 0.4) is 0 Å². The number of hydrogen-bond donors (Lipinski definition) is 1. The van der Waals surface area contributed by atoms with Crippen LogP contribution in [0.2, 0.25) is 0 Å². The first-order valence-electron chi connectivity index (χ1n) is 5.47. The Morgan fingerprint density at radius 2 is 2.11 bits per heavy atom. The Hall–Kier alpha value is -2.54. The van der Waals surface area contributed by atoms with Gasteiger partial charge < -0.3 is 9.73 Å². The Labute approximate surface area is 105 Å². The van der Waals surface area contributed by atoms with Crippen LogP contribution >= 0.6 is 0 Å². The van der Waals surface area contributed by atoms with Crippen LogP contribution in [0.1, 0.15) is 27.2 Å². The van der Waals surface area contributed by atoms with E-state index < -0.39 is 0 Å². The van der Waals surface area contributed by atoms with Crippen molar-refractivity contribution in [3.8, 4) is 6.07 Å². The van der Waals surface area contributed by atoms with Crippen molar-refractivity contribution in [3.05, 3.63) is 53.0 Å². The van der Waals surface area contributed by atoms with Gasteiger partial charge in [0.25, 0.3) is 5.91 Å². The smallest absolute Gasteiger partial charge is 0.258 e. The second-order valence-electron chi connectivity index (χ2n) is 4.04. The fourth-order valence-corrected chi connectivity index (χ4v) is 1.58. The van der Waals surface area contributed by atoms with E-state index in [2.05, 4.69) is 5.32 Å². The fourth-order valence-electron chi connectivity index (χ4n) is 1.58. The topological polar surface area (TPSA) is 66.0 Å². The summed E-state index contributed by atoms with van der Waals surface area (Å²) in [7, 11) is 0. The highest BCUT2D eigenvalue weighted by molar-refractivity contribution is 6.04. The molecule has 0 atom stereocenters. The van der Waals surface area contributed by atoms with E-state index in [4.69, 9.17) is 9.68 Å². The zero-order valence-electron chi connectivity index (χ0n) is 10.2. The number of furan rings is 1. The molecule has 18 heavy (non-hydrogen) atoms. The van der Waals surface area contributed by atoms with Crippen LogP contribution in [-0.4, -0.2) is 5.91 Å². The van der Waals surface area contributed by atoms with Crippen molar-refractivity contribution >= 4 is 11.6 Å². The van der Waals surface area contributed by atoms with Gasteiger partial charge >= 0.3 is 0 Å². The number of carbonyl (C=O) groups excluding carboxylic acids is 1. The molecular weight excluding hydrogens is 228 g/mol. The average Bonchev–Trinajstić information content (AvgIpc) is 2.79. The second kappa shape index (κ2) is 4.76. The first-order chi connectivity index (χ1) is 8.60. The number of aryl methyl sites for hydroxylation is 2. The van der Waals surface area contributed by atoms with Crippen LogP contribution in [-0.2, 0) is 0 Å². The van der Waals surface area contributed by atoms with Crippen molar-refractivity contribution in [2.24, 2.45) is 0 Å². The van der Waals surface area contributed by atoms with E-state index >= 15 is 0 Å². The number of nitrogens with one attached hydrogen (secondary N) is 1. The molecule has 0 unspecified atom stereocenters. The predicted octanol–water partition coefficient (Wildman–Crippen LogP) is 3.02. The normalized spacial score (nSPS) is 9.83. The quantitative estimate of drug-likeness (QED) is 0.877. The van der Waals surface area contributed by atoms with Crippen molar-refractivity contribution in [3.63, 3.8) is 0 Å². The minimum atomic E-state index is -0.245. The van der Waals surface area contributed by atoms with E-state index in [1.165, 1.54) is 6.26 Å². The van der Waals surface area contributed by atoms with Gasteiger partial charge in [-0.2, -0.15) is 5.26 Å². The molecule has 1 N–H and O–H groups in total. The molecule has 4 nitrogen and oxygen atoms in total. The van der Waals surface area contributed by atoms with Crippen molar-refractivity contribution in [1.29, 1.82) is 5.26 Å². The summed E-state index contributed by atoms with van der Waals surface area (Å²) in [5.41, 5.74) is 2.52. The summed E-state index contributed by atoms with van der Waals surface area (Å²) in [6.07, 6.45) is 1.41. The molecule has 0 aliphatic carbocycles. The molecule has 2 rings (SSSR count). The van der Waals surface area contributed by atoms with Crippen LogP contribution < -0.4 is 5.32 Å². The molecule has 1 heterocycles. The van der Waals surface area contributed by atoms with Gasteiger partial charge in [-0.1, -0.05) is 6.07 Å². The van der Waals surface area contributed by atoms with Gasteiger partial charge in [0.15, 0.2) is 0 Å². The summed E-state index contributed by atoms with van der Waals surface area (Å²) in [6, 6.07) is 8.88. The molecule has 90 valence electrons. The molecule has 0 aliphatic rings. The average molecular weight is 240 g/mol. The number of carbonyl (C=O) groups is 1. The number of nitriles is 1. The Morgan fingerprint density at radius 1 is 1.33 bits per heavy atom. The molecule has 1 aromatic carbocycles. The predicted molar refractivity (Wildman–Crippen MR) is 67.3 cm³/mol. The lowest BCUT2D eigenvalue weighted by atomic mass is 10.1. The summed E-state index contributed by atoms with van der Waals surface area (Å²) in [4.78, 5) is 11.9. The van der Waals surface area contributed by atoms with E-state index in [1.54, 1.807) is 31.2 Å². The molecule has 0 aliphatic heterocycles.